The Balaban J connectivity index is 3.37. The molecule has 0 unspecified atom stereocenters. The van der Waals surface area contributed by atoms with Gasteiger partial charge in [-0.2, -0.15) is 0 Å². The molecule has 5 nitrogen and oxygen atoms in total. The van der Waals surface area contributed by atoms with Crippen LogP contribution in [0.2, 0.25) is 0 Å². The van der Waals surface area contributed by atoms with E-state index in [1.807, 2.05) is 0 Å². The van der Waals surface area contributed by atoms with E-state index in [2.05, 4.69) is 4.98 Å². The van der Waals surface area contributed by atoms with E-state index in [-0.39, 0.29) is 0 Å². The second kappa shape index (κ2) is 2.02. The van der Waals surface area contributed by atoms with E-state index in [1.54, 1.807) is 6.92 Å². The van der Waals surface area contributed by atoms with E-state index in [1.165, 1.54) is 6.20 Å². The van der Waals surface area contributed by atoms with E-state index in [9.17, 15) is 9.59 Å². The van der Waals surface area contributed by atoms with Gasteiger partial charge in [0.15, 0.2) is 0 Å². The molecule has 3 N–H and O–H groups in total. The van der Waals surface area contributed by atoms with Crippen molar-refractivity contribution in [1.29, 1.82) is 0 Å². The van der Waals surface area contributed by atoms with Crippen LogP contribution in [0.15, 0.2) is 11.0 Å². The molecule has 1 heterocycles. The number of H-pyrrole nitrogens is 1. The number of aromatic amines is 1. The average Bonchev–Trinajstić information content (AvgIpc) is 2.11. The zero-order chi connectivity index (χ0) is 7.72. The fourth-order valence-corrected chi connectivity index (χ4v) is 0.729. The van der Waals surface area contributed by atoms with Crippen molar-refractivity contribution in [3.8, 4) is 0 Å². The van der Waals surface area contributed by atoms with Gasteiger partial charge in [0.05, 0.1) is 0 Å². The first-order valence-corrected chi connectivity index (χ1v) is 2.70. The third-order valence-electron chi connectivity index (χ3n) is 1.18. The van der Waals surface area contributed by atoms with Crippen LogP contribution in [0.1, 0.15) is 5.69 Å². The lowest BCUT2D eigenvalue weighted by atomic mass is 10.5. The first kappa shape index (κ1) is 6.60. The molecule has 0 bridgehead atoms. The van der Waals surface area contributed by atoms with Gasteiger partial charge in [-0.15, -0.1) is 0 Å². The third-order valence-corrected chi connectivity index (χ3v) is 1.18. The Morgan fingerprint density at radius 3 is 2.60 bits per heavy atom. The number of hydrogen-bond donors (Lipinski definition) is 2. The highest BCUT2D eigenvalue weighted by atomic mass is 16.2. The minimum atomic E-state index is -0.760. The van der Waals surface area contributed by atoms with Gasteiger partial charge in [-0.3, -0.25) is 0 Å². The number of aryl methyl sites for hydroxylation is 1. The van der Waals surface area contributed by atoms with Crippen molar-refractivity contribution in [2.24, 2.45) is 5.73 Å². The molecule has 0 atom stereocenters. The second-order valence-electron chi connectivity index (χ2n) is 1.91. The minimum absolute atomic E-state index is 0.495. The molecule has 0 spiro atoms. The number of aromatic nitrogens is 2. The summed E-state index contributed by atoms with van der Waals surface area (Å²) in [5.41, 5.74) is 4.88. The summed E-state index contributed by atoms with van der Waals surface area (Å²) in [7, 11) is 0. The minimum Gasteiger partial charge on any atom is -0.351 e. The van der Waals surface area contributed by atoms with E-state index in [0.717, 1.165) is 4.57 Å². The van der Waals surface area contributed by atoms with Gasteiger partial charge < -0.3 is 10.7 Å². The summed E-state index contributed by atoms with van der Waals surface area (Å²) in [6, 6.07) is -0.760. The maximum atomic E-state index is 10.7. The van der Waals surface area contributed by atoms with Crippen LogP contribution in [-0.2, 0) is 0 Å². The maximum Gasteiger partial charge on any atom is 0.334 e. The van der Waals surface area contributed by atoms with E-state index in [0.29, 0.717) is 5.69 Å². The summed E-state index contributed by atoms with van der Waals surface area (Å²) < 4.78 is 0.861. The lowest BCUT2D eigenvalue weighted by Gasteiger charge is -1.92. The Hall–Kier alpha value is -1.52. The van der Waals surface area contributed by atoms with Gasteiger partial charge in [0.25, 0.3) is 0 Å². The molecule has 54 valence electrons. The molecule has 0 aliphatic rings. The highest BCUT2D eigenvalue weighted by Crippen LogP contribution is 1.87. The Labute approximate surface area is 56.5 Å². The van der Waals surface area contributed by atoms with Crippen LogP contribution in [-0.4, -0.2) is 15.6 Å². The highest BCUT2D eigenvalue weighted by Gasteiger charge is 2.04. The molecule has 0 aliphatic heterocycles. The second-order valence-corrected chi connectivity index (χ2v) is 1.91. The number of primary amides is 1. The zero-order valence-electron chi connectivity index (χ0n) is 5.42. The maximum absolute atomic E-state index is 10.7. The fourth-order valence-electron chi connectivity index (χ4n) is 0.729. The first-order chi connectivity index (χ1) is 4.63. The van der Waals surface area contributed by atoms with Crippen LogP contribution in [0.3, 0.4) is 0 Å². The molecule has 0 radical (unpaired) electrons. The van der Waals surface area contributed by atoms with Crippen LogP contribution < -0.4 is 11.4 Å². The van der Waals surface area contributed by atoms with Crippen LogP contribution in [0.4, 0.5) is 4.79 Å². The van der Waals surface area contributed by atoms with Crippen LogP contribution in [0.25, 0.3) is 0 Å². The molecule has 0 fully saturated rings. The van der Waals surface area contributed by atoms with Gasteiger partial charge in [-0.25, -0.2) is 14.2 Å². The van der Waals surface area contributed by atoms with Gasteiger partial charge in [-0.05, 0) is 6.92 Å². The van der Waals surface area contributed by atoms with Crippen molar-refractivity contribution >= 4 is 6.03 Å². The standard InChI is InChI=1S/C5H7N3O2/c1-3-2-7-5(10)8(3)4(6)9/h2H,1H3,(H2,6,9)(H,7,10). The summed E-state index contributed by atoms with van der Waals surface area (Å²) >= 11 is 0. The van der Waals surface area contributed by atoms with Gasteiger partial charge in [0.2, 0.25) is 0 Å². The number of nitrogens with zero attached hydrogens (tertiary/aromatic N) is 1. The van der Waals surface area contributed by atoms with Gasteiger partial charge in [0, 0.05) is 11.9 Å². The normalized spacial score (nSPS) is 9.70. The predicted molar refractivity (Wildman–Crippen MR) is 34.8 cm³/mol. The Morgan fingerprint density at radius 1 is 1.80 bits per heavy atom. The van der Waals surface area contributed by atoms with E-state index >= 15 is 0 Å². The lowest BCUT2D eigenvalue weighted by Crippen LogP contribution is -2.30. The molecule has 0 saturated carbocycles. The van der Waals surface area contributed by atoms with Crippen LogP contribution in [0.5, 0.6) is 0 Å². The highest BCUT2D eigenvalue weighted by molar-refractivity contribution is 5.75. The molecule has 10 heavy (non-hydrogen) atoms. The van der Waals surface area contributed by atoms with Gasteiger partial charge in [-0.1, -0.05) is 0 Å². The predicted octanol–water partition coefficient (Wildman–Crippen LogP) is -0.588. The molecular formula is C5H7N3O2. The van der Waals surface area contributed by atoms with E-state index in [4.69, 9.17) is 5.73 Å². The smallest absolute Gasteiger partial charge is 0.334 e. The van der Waals surface area contributed by atoms with Gasteiger partial charge >= 0.3 is 11.7 Å². The molecule has 5 heteroatoms. The Kier molecular flexibility index (Phi) is 1.33. The van der Waals surface area contributed by atoms with Crippen molar-refractivity contribution in [1.82, 2.24) is 9.55 Å². The number of rotatable bonds is 0. The van der Waals surface area contributed by atoms with Crippen molar-refractivity contribution in [3.63, 3.8) is 0 Å². The largest absolute Gasteiger partial charge is 0.351 e. The Bertz CT molecular complexity index is 309. The average molecular weight is 141 g/mol. The molecule has 1 amide bonds. The molecule has 0 saturated heterocycles. The fraction of sp³-hybridized carbons (Fsp3) is 0.200. The van der Waals surface area contributed by atoms with Crippen molar-refractivity contribution < 1.29 is 4.79 Å². The monoisotopic (exact) mass is 141 g/mol. The van der Waals surface area contributed by atoms with Gasteiger partial charge in [0.1, 0.15) is 0 Å². The summed E-state index contributed by atoms with van der Waals surface area (Å²) in [5.74, 6) is 0. The SMILES string of the molecule is Cc1c[nH]c(=O)n1C(N)=O. The molecular weight excluding hydrogens is 134 g/mol. The number of nitrogens with two attached hydrogens (primary N) is 1. The number of nitrogens with one attached hydrogen (secondary N) is 1. The molecule has 0 aromatic carbocycles. The zero-order valence-corrected chi connectivity index (χ0v) is 5.42. The number of imidazole rings is 1. The summed E-state index contributed by atoms with van der Waals surface area (Å²) in [6.45, 7) is 1.61. The first-order valence-electron chi connectivity index (χ1n) is 2.70. The van der Waals surface area contributed by atoms with Crippen LogP contribution >= 0.6 is 0 Å². The summed E-state index contributed by atoms with van der Waals surface area (Å²) in [6.07, 6.45) is 1.42. The van der Waals surface area contributed by atoms with Crippen molar-refractivity contribution in [3.05, 3.63) is 22.4 Å². The topological polar surface area (TPSA) is 80.9 Å². The number of carbonyl (C=O) groups is 1. The molecule has 1 rings (SSSR count). The Morgan fingerprint density at radius 2 is 2.40 bits per heavy atom. The summed E-state index contributed by atoms with van der Waals surface area (Å²) in [4.78, 5) is 23.5. The third kappa shape index (κ3) is 0.812. The van der Waals surface area contributed by atoms with Crippen LogP contribution in [0, 0.1) is 6.92 Å². The number of hydrogen-bond acceptors (Lipinski definition) is 2. The quantitative estimate of drug-likeness (QED) is 0.506. The van der Waals surface area contributed by atoms with Crippen molar-refractivity contribution in [2.45, 2.75) is 6.92 Å². The molecule has 1 aromatic rings. The van der Waals surface area contributed by atoms with Crippen molar-refractivity contribution in [2.75, 3.05) is 0 Å². The summed E-state index contributed by atoms with van der Waals surface area (Å²) in [5, 5.41) is 0. The lowest BCUT2D eigenvalue weighted by molar-refractivity contribution is 0.249. The molecule has 1 aromatic heterocycles. The number of carbonyl (C=O) groups excluding carboxylic acids is 1. The van der Waals surface area contributed by atoms with E-state index < -0.39 is 11.7 Å². The number of amides is 1. The molecule has 0 aliphatic carbocycles.